The number of ether oxygens (including phenoxy) is 2. The van der Waals surface area contributed by atoms with Gasteiger partial charge in [0.15, 0.2) is 5.62 Å². The van der Waals surface area contributed by atoms with Crippen molar-refractivity contribution in [2.45, 2.75) is 11.1 Å². The Kier molecular flexibility index (Phi) is 10.8. The summed E-state index contributed by atoms with van der Waals surface area (Å²) in [6.07, 6.45) is 0. The molecule has 242 valence electrons. The lowest BCUT2D eigenvalue weighted by Crippen LogP contribution is -2.37. The predicted molar refractivity (Wildman–Crippen MR) is 194 cm³/mol. The normalized spacial score (nSPS) is 15.7. The molecule has 0 saturated carbocycles. The van der Waals surface area contributed by atoms with Gasteiger partial charge in [-0.25, -0.2) is 4.79 Å². The molecule has 3 aromatic heterocycles. The minimum atomic E-state index is -3.07. The first-order chi connectivity index (χ1) is 21.8. The monoisotopic (exact) mass is 852 g/mol. The van der Waals surface area contributed by atoms with Crippen LogP contribution in [0.15, 0.2) is 73.1 Å². The van der Waals surface area contributed by atoms with Crippen molar-refractivity contribution in [3.8, 4) is 11.5 Å². The Balaban J connectivity index is 0.000000142. The van der Waals surface area contributed by atoms with E-state index in [9.17, 15) is 14.2 Å². The van der Waals surface area contributed by atoms with Crippen LogP contribution in [0.3, 0.4) is 0 Å². The zero-order valence-corrected chi connectivity index (χ0v) is 30.7. The van der Waals surface area contributed by atoms with Gasteiger partial charge in [-0.1, -0.05) is 73.3 Å². The number of H-pyrrole nitrogens is 4. The van der Waals surface area contributed by atoms with Crippen LogP contribution in [0.25, 0.3) is 32.8 Å². The first-order valence-corrected chi connectivity index (χ1v) is 19.0. The third-order valence-corrected chi connectivity index (χ3v) is 10.3. The fraction of sp³-hybridized carbons (Fsp3) is 0.143. The summed E-state index contributed by atoms with van der Waals surface area (Å²) in [5.74, 6) is -1.73. The Bertz CT molecular complexity index is 2220. The number of hydrogen-bond donors (Lipinski definition) is 6. The Morgan fingerprint density at radius 3 is 1.93 bits per heavy atom. The average Bonchev–Trinajstić information content (AvgIpc) is 3.55. The summed E-state index contributed by atoms with van der Waals surface area (Å²) in [5.41, 5.74) is 2.39. The standard InChI is InChI=1S/C11H10BrCl2N3O.C11H8BrN3O3.C6H5Cl2OP/c1-18-6-3-4(12)2-5-7(6)8-9(15-5)10(13)17-11(14)16-8;1-18-6-3-4(12)2-5-7(6)8-9(13-5)10(16)15-11(17)14-8;7-10(8,9)6-4-2-1-3-5-6/h2-3,10-11,15-17H,1H3;2-3,13H,1H3,(H2,14,15,16,17);1-5H. The highest BCUT2D eigenvalue weighted by molar-refractivity contribution is 9.10. The topological polar surface area (TPSA) is 157 Å². The van der Waals surface area contributed by atoms with Gasteiger partial charge in [-0.3, -0.25) is 19.7 Å². The zero-order chi connectivity index (χ0) is 33.3. The second kappa shape index (κ2) is 14.2. The Morgan fingerprint density at radius 1 is 0.783 bits per heavy atom. The van der Waals surface area contributed by atoms with E-state index < -0.39 is 22.7 Å². The van der Waals surface area contributed by atoms with Crippen molar-refractivity contribution in [2.75, 3.05) is 19.5 Å². The van der Waals surface area contributed by atoms with Gasteiger partial charge in [-0.15, -0.1) is 0 Å². The maximum absolute atomic E-state index is 11.7. The number of fused-ring (bicyclic) bond motifs is 6. The molecule has 0 aliphatic carbocycles. The molecule has 2 unspecified atom stereocenters. The van der Waals surface area contributed by atoms with E-state index in [0.29, 0.717) is 33.0 Å². The largest absolute Gasteiger partial charge is 0.496 e. The van der Waals surface area contributed by atoms with E-state index in [2.05, 4.69) is 62.4 Å². The van der Waals surface area contributed by atoms with E-state index in [1.807, 2.05) is 24.3 Å². The minimum Gasteiger partial charge on any atom is -0.496 e. The predicted octanol–water partition coefficient (Wildman–Crippen LogP) is 8.17. The molecule has 46 heavy (non-hydrogen) atoms. The smallest absolute Gasteiger partial charge is 0.326 e. The highest BCUT2D eigenvalue weighted by atomic mass is 79.9. The summed E-state index contributed by atoms with van der Waals surface area (Å²) in [6.45, 7) is 0. The molecule has 4 heterocycles. The maximum Gasteiger partial charge on any atom is 0.326 e. The molecule has 3 aromatic carbocycles. The molecular formula is C28H23Br2Cl4N6O5P. The highest BCUT2D eigenvalue weighted by Gasteiger charge is 2.28. The lowest BCUT2D eigenvalue weighted by Gasteiger charge is -2.25. The number of rotatable bonds is 3. The first-order valence-electron chi connectivity index (χ1n) is 13.1. The van der Waals surface area contributed by atoms with Gasteiger partial charge in [-0.05, 0) is 58.9 Å². The van der Waals surface area contributed by atoms with Crippen LogP contribution in [0.5, 0.6) is 11.5 Å². The second-order valence-corrected chi connectivity index (χ2v) is 17.1. The van der Waals surface area contributed by atoms with Crippen LogP contribution in [-0.2, 0) is 4.57 Å². The molecule has 6 aromatic rings. The van der Waals surface area contributed by atoms with Crippen LogP contribution in [0.1, 0.15) is 11.2 Å². The van der Waals surface area contributed by atoms with Gasteiger partial charge in [-0.2, -0.15) is 0 Å². The van der Waals surface area contributed by atoms with E-state index in [0.717, 1.165) is 37.0 Å². The lowest BCUT2D eigenvalue weighted by atomic mass is 10.2. The van der Waals surface area contributed by atoms with E-state index in [1.54, 1.807) is 37.4 Å². The van der Waals surface area contributed by atoms with E-state index in [4.69, 9.17) is 55.2 Å². The molecule has 1 aliphatic heterocycles. The number of aromatic nitrogens is 4. The summed E-state index contributed by atoms with van der Waals surface area (Å²) in [4.78, 5) is 34.1. The third kappa shape index (κ3) is 7.42. The van der Waals surface area contributed by atoms with E-state index in [1.165, 1.54) is 7.11 Å². The molecule has 0 saturated heterocycles. The van der Waals surface area contributed by atoms with Crippen molar-refractivity contribution in [3.63, 3.8) is 0 Å². The van der Waals surface area contributed by atoms with E-state index in [-0.39, 0.29) is 5.50 Å². The summed E-state index contributed by atoms with van der Waals surface area (Å²) in [5, 5.41) is 8.25. The lowest BCUT2D eigenvalue weighted by molar-refractivity contribution is 0.419. The van der Waals surface area contributed by atoms with Gasteiger partial charge < -0.3 is 29.7 Å². The molecule has 0 spiro atoms. The van der Waals surface area contributed by atoms with Gasteiger partial charge in [0.25, 0.3) is 11.4 Å². The molecule has 18 heteroatoms. The molecule has 0 fully saturated rings. The van der Waals surface area contributed by atoms with Crippen LogP contribution in [0.2, 0.25) is 0 Å². The van der Waals surface area contributed by atoms with Crippen molar-refractivity contribution < 1.29 is 14.0 Å². The molecular weight excluding hydrogens is 833 g/mol. The SMILES string of the molecule is COc1cc(Br)cc2[nH]c3c(=O)[nH]c(=O)[nH]c3c12.COc1cc(Br)cc2[nH]c3c(c12)NC(Cl)NC3Cl.O=P(Cl)(Cl)c1ccccc1. The van der Waals surface area contributed by atoms with Gasteiger partial charge in [0.05, 0.1) is 52.9 Å². The van der Waals surface area contributed by atoms with Gasteiger partial charge in [0.2, 0.25) is 0 Å². The molecule has 0 bridgehead atoms. The fourth-order valence-corrected chi connectivity index (χ4v) is 7.45. The van der Waals surface area contributed by atoms with Crippen molar-refractivity contribution >= 4 is 127 Å². The Morgan fingerprint density at radius 2 is 1.37 bits per heavy atom. The van der Waals surface area contributed by atoms with Gasteiger partial charge >= 0.3 is 5.69 Å². The fourth-order valence-electron chi connectivity index (χ4n) is 4.79. The van der Waals surface area contributed by atoms with Crippen molar-refractivity contribution in [3.05, 3.63) is 90.1 Å². The number of halogens is 6. The second-order valence-electron chi connectivity index (χ2n) is 9.59. The molecule has 2 atom stereocenters. The van der Waals surface area contributed by atoms with Gasteiger partial charge in [0, 0.05) is 14.2 Å². The van der Waals surface area contributed by atoms with Crippen molar-refractivity contribution in [2.24, 2.45) is 0 Å². The number of nitrogens with one attached hydrogen (secondary N) is 6. The zero-order valence-electron chi connectivity index (χ0n) is 23.6. The third-order valence-electron chi connectivity index (χ3n) is 6.69. The van der Waals surface area contributed by atoms with Crippen molar-refractivity contribution in [1.29, 1.82) is 0 Å². The number of aromatic amines is 4. The van der Waals surface area contributed by atoms with Crippen LogP contribution >= 0.6 is 83.4 Å². The summed E-state index contributed by atoms with van der Waals surface area (Å²) in [6, 6.07) is 16.1. The number of alkyl halides is 2. The summed E-state index contributed by atoms with van der Waals surface area (Å²) in [7, 11) is 3.17. The average molecular weight is 856 g/mol. The quantitative estimate of drug-likeness (QED) is 0.0596. The molecule has 6 N–H and O–H groups in total. The molecule has 11 nitrogen and oxygen atoms in total. The summed E-state index contributed by atoms with van der Waals surface area (Å²) >= 11 is 29.8. The molecule has 1 aliphatic rings. The van der Waals surface area contributed by atoms with Crippen LogP contribution < -0.4 is 36.7 Å². The highest BCUT2D eigenvalue weighted by Crippen LogP contribution is 2.55. The van der Waals surface area contributed by atoms with Crippen LogP contribution in [0.4, 0.5) is 5.69 Å². The molecule has 0 radical (unpaired) electrons. The number of anilines is 1. The Hall–Kier alpha value is -2.61. The maximum atomic E-state index is 11.7. The minimum absolute atomic E-state index is 0.320. The first kappa shape index (κ1) is 34.7. The van der Waals surface area contributed by atoms with Gasteiger partial charge in [0.1, 0.15) is 22.5 Å². The summed E-state index contributed by atoms with van der Waals surface area (Å²) < 4.78 is 23.4. The number of methoxy groups -OCH3 is 2. The van der Waals surface area contributed by atoms with Crippen molar-refractivity contribution in [1.82, 2.24) is 25.3 Å². The van der Waals surface area contributed by atoms with Crippen LogP contribution in [-0.4, -0.2) is 39.8 Å². The number of benzene rings is 3. The Labute approximate surface area is 296 Å². The number of hydrogen-bond acceptors (Lipinski definition) is 7. The molecule has 7 rings (SSSR count). The van der Waals surface area contributed by atoms with Crippen LogP contribution in [0, 0.1) is 0 Å². The van der Waals surface area contributed by atoms with E-state index >= 15 is 0 Å². The molecule has 0 amide bonds.